The number of halogens is 1. The van der Waals surface area contributed by atoms with Crippen molar-refractivity contribution < 1.29 is 13.9 Å². The van der Waals surface area contributed by atoms with Gasteiger partial charge in [-0.1, -0.05) is 0 Å². The number of rotatable bonds is 3. The second kappa shape index (κ2) is 4.45. The summed E-state index contributed by atoms with van der Waals surface area (Å²) in [6.07, 6.45) is 0.782. The molecule has 0 aliphatic rings. The molecule has 0 amide bonds. The smallest absolute Gasteiger partial charge is 0.160 e. The van der Waals surface area contributed by atoms with Crippen LogP contribution in [0.1, 0.15) is 9.67 Å². The van der Waals surface area contributed by atoms with Crippen molar-refractivity contribution in [2.24, 2.45) is 0 Å². The molecule has 0 saturated heterocycles. The first-order chi connectivity index (χ1) is 7.72. The summed E-state index contributed by atoms with van der Waals surface area (Å²) in [5.74, 6) is 0.113. The van der Waals surface area contributed by atoms with Crippen LogP contribution in [-0.2, 0) is 0 Å². The fraction of sp³-hybridized carbons (Fsp3) is 0.0833. The molecule has 1 aromatic heterocycles. The molecule has 0 aliphatic carbocycles. The predicted octanol–water partition coefficient (Wildman–Crippen LogP) is 3.38. The van der Waals surface area contributed by atoms with Crippen LogP contribution in [0.5, 0.6) is 5.75 Å². The van der Waals surface area contributed by atoms with Gasteiger partial charge >= 0.3 is 0 Å². The number of carbonyl (C=O) groups excluding carboxylic acids is 1. The average Bonchev–Trinajstić information content (AvgIpc) is 2.76. The lowest BCUT2D eigenvalue weighted by atomic mass is 10.1. The molecule has 2 nitrogen and oxygen atoms in total. The van der Waals surface area contributed by atoms with E-state index in [0.29, 0.717) is 16.2 Å². The SMILES string of the molecule is COc1cc(F)cc(-c2csc(C=O)c2)c1. The number of hydrogen-bond donors (Lipinski definition) is 0. The first-order valence-electron chi connectivity index (χ1n) is 4.61. The summed E-state index contributed by atoms with van der Waals surface area (Å²) >= 11 is 1.33. The summed E-state index contributed by atoms with van der Waals surface area (Å²) in [4.78, 5) is 11.2. The van der Waals surface area contributed by atoms with Crippen molar-refractivity contribution in [3.8, 4) is 16.9 Å². The summed E-state index contributed by atoms with van der Waals surface area (Å²) in [5.41, 5.74) is 1.53. The Morgan fingerprint density at radius 3 is 2.69 bits per heavy atom. The Morgan fingerprint density at radius 2 is 2.06 bits per heavy atom. The molecule has 2 rings (SSSR count). The standard InChI is InChI=1S/C12H9FO2S/c1-15-11-3-8(2-10(13)5-11)9-4-12(6-14)16-7-9/h2-7H,1H3. The van der Waals surface area contributed by atoms with E-state index in [0.717, 1.165) is 11.8 Å². The highest BCUT2D eigenvalue weighted by atomic mass is 32.1. The van der Waals surface area contributed by atoms with Gasteiger partial charge in [0.25, 0.3) is 0 Å². The molecule has 4 heteroatoms. The molecule has 0 fully saturated rings. The van der Waals surface area contributed by atoms with Crippen LogP contribution in [0.15, 0.2) is 29.6 Å². The maximum Gasteiger partial charge on any atom is 0.160 e. The predicted molar refractivity (Wildman–Crippen MR) is 61.7 cm³/mol. The number of methoxy groups -OCH3 is 1. The zero-order chi connectivity index (χ0) is 11.5. The van der Waals surface area contributed by atoms with E-state index in [9.17, 15) is 9.18 Å². The maximum atomic E-state index is 13.2. The Kier molecular flexibility index (Phi) is 3.01. The van der Waals surface area contributed by atoms with Crippen molar-refractivity contribution in [3.05, 3.63) is 40.3 Å². The summed E-state index contributed by atoms with van der Waals surface area (Å²) in [5, 5.41) is 1.82. The minimum atomic E-state index is -0.354. The van der Waals surface area contributed by atoms with E-state index in [-0.39, 0.29) is 5.82 Å². The lowest BCUT2D eigenvalue weighted by Gasteiger charge is -2.03. The third-order valence-electron chi connectivity index (χ3n) is 2.18. The van der Waals surface area contributed by atoms with Gasteiger partial charge in [-0.05, 0) is 34.7 Å². The van der Waals surface area contributed by atoms with Crippen LogP contribution >= 0.6 is 11.3 Å². The fourth-order valence-corrected chi connectivity index (χ4v) is 2.13. The molecule has 0 unspecified atom stereocenters. The highest BCUT2D eigenvalue weighted by Gasteiger charge is 2.05. The minimum absolute atomic E-state index is 0.354. The summed E-state index contributed by atoms with van der Waals surface area (Å²) in [6, 6.07) is 6.20. The van der Waals surface area contributed by atoms with Crippen LogP contribution in [0.25, 0.3) is 11.1 Å². The van der Waals surface area contributed by atoms with Gasteiger partial charge in [0.05, 0.1) is 12.0 Å². The summed E-state index contributed by atoms with van der Waals surface area (Å²) in [7, 11) is 1.49. The highest BCUT2D eigenvalue weighted by molar-refractivity contribution is 7.12. The van der Waals surface area contributed by atoms with Crippen molar-refractivity contribution >= 4 is 17.6 Å². The molecule has 0 aliphatic heterocycles. The van der Waals surface area contributed by atoms with Gasteiger partial charge < -0.3 is 4.74 Å². The third kappa shape index (κ3) is 2.12. The molecule has 1 heterocycles. The number of carbonyl (C=O) groups is 1. The first kappa shape index (κ1) is 10.8. The largest absolute Gasteiger partial charge is 0.497 e. The van der Waals surface area contributed by atoms with E-state index in [1.807, 2.05) is 5.38 Å². The highest BCUT2D eigenvalue weighted by Crippen LogP contribution is 2.28. The monoisotopic (exact) mass is 236 g/mol. The van der Waals surface area contributed by atoms with Crippen molar-refractivity contribution in [2.75, 3.05) is 7.11 Å². The Balaban J connectivity index is 2.46. The van der Waals surface area contributed by atoms with Gasteiger partial charge in [-0.25, -0.2) is 4.39 Å². The van der Waals surface area contributed by atoms with Gasteiger partial charge in [0.1, 0.15) is 11.6 Å². The molecule has 0 N–H and O–H groups in total. The van der Waals surface area contributed by atoms with Gasteiger partial charge in [-0.15, -0.1) is 11.3 Å². The van der Waals surface area contributed by atoms with Crippen LogP contribution in [0.4, 0.5) is 4.39 Å². The number of hydrogen-bond acceptors (Lipinski definition) is 3. The molecule has 16 heavy (non-hydrogen) atoms. The van der Waals surface area contributed by atoms with Crippen LogP contribution in [0.3, 0.4) is 0 Å². The van der Waals surface area contributed by atoms with E-state index in [4.69, 9.17) is 4.74 Å². The Hall–Kier alpha value is -1.68. The molecule has 0 spiro atoms. The Morgan fingerprint density at radius 1 is 1.25 bits per heavy atom. The second-order valence-electron chi connectivity index (χ2n) is 3.24. The number of ether oxygens (including phenoxy) is 1. The zero-order valence-corrected chi connectivity index (χ0v) is 9.38. The fourth-order valence-electron chi connectivity index (χ4n) is 1.41. The molecule has 1 aromatic carbocycles. The average molecular weight is 236 g/mol. The van der Waals surface area contributed by atoms with E-state index in [1.54, 1.807) is 12.1 Å². The number of thiophene rings is 1. The molecular weight excluding hydrogens is 227 g/mol. The van der Waals surface area contributed by atoms with Gasteiger partial charge in [0, 0.05) is 6.07 Å². The maximum absolute atomic E-state index is 13.2. The van der Waals surface area contributed by atoms with Crippen LogP contribution < -0.4 is 4.74 Å². The van der Waals surface area contributed by atoms with E-state index in [2.05, 4.69) is 0 Å². The van der Waals surface area contributed by atoms with Gasteiger partial charge in [0.2, 0.25) is 0 Å². The van der Waals surface area contributed by atoms with Crippen LogP contribution in [0.2, 0.25) is 0 Å². The zero-order valence-electron chi connectivity index (χ0n) is 8.57. The lowest BCUT2D eigenvalue weighted by molar-refractivity contribution is 0.112. The minimum Gasteiger partial charge on any atom is -0.497 e. The Bertz CT molecular complexity index is 519. The van der Waals surface area contributed by atoms with Crippen molar-refractivity contribution in [1.29, 1.82) is 0 Å². The van der Waals surface area contributed by atoms with Gasteiger partial charge in [-0.2, -0.15) is 0 Å². The van der Waals surface area contributed by atoms with Crippen LogP contribution in [-0.4, -0.2) is 13.4 Å². The number of aldehydes is 1. The second-order valence-corrected chi connectivity index (χ2v) is 4.18. The first-order valence-corrected chi connectivity index (χ1v) is 5.49. The van der Waals surface area contributed by atoms with Gasteiger partial charge in [-0.3, -0.25) is 4.79 Å². The molecule has 0 radical (unpaired) electrons. The summed E-state index contributed by atoms with van der Waals surface area (Å²) in [6.45, 7) is 0. The van der Waals surface area contributed by atoms with Crippen molar-refractivity contribution in [3.63, 3.8) is 0 Å². The normalized spacial score (nSPS) is 10.1. The van der Waals surface area contributed by atoms with Crippen molar-refractivity contribution in [2.45, 2.75) is 0 Å². The molecular formula is C12H9FO2S. The van der Waals surface area contributed by atoms with Gasteiger partial charge in [0.15, 0.2) is 6.29 Å². The quantitative estimate of drug-likeness (QED) is 0.764. The molecule has 2 aromatic rings. The van der Waals surface area contributed by atoms with Crippen molar-refractivity contribution in [1.82, 2.24) is 0 Å². The van der Waals surface area contributed by atoms with E-state index >= 15 is 0 Å². The van der Waals surface area contributed by atoms with Crippen LogP contribution in [0, 0.1) is 5.82 Å². The summed E-state index contributed by atoms with van der Waals surface area (Å²) < 4.78 is 18.2. The Labute approximate surface area is 96.3 Å². The number of benzene rings is 1. The molecule has 0 bridgehead atoms. The lowest BCUT2D eigenvalue weighted by Crippen LogP contribution is -1.86. The van der Waals surface area contributed by atoms with E-state index in [1.165, 1.54) is 30.6 Å². The molecule has 82 valence electrons. The molecule has 0 saturated carbocycles. The third-order valence-corrected chi connectivity index (χ3v) is 3.03. The van der Waals surface area contributed by atoms with E-state index < -0.39 is 0 Å². The molecule has 0 atom stereocenters. The topological polar surface area (TPSA) is 26.3 Å².